The fraction of sp³-hybridized carbons (Fsp3) is 0.231. The van der Waals surface area contributed by atoms with Gasteiger partial charge in [-0.25, -0.2) is 0 Å². The van der Waals surface area contributed by atoms with Crippen molar-refractivity contribution in [2.45, 2.75) is 39.3 Å². The number of aryl methyl sites for hydroxylation is 2. The summed E-state index contributed by atoms with van der Waals surface area (Å²) < 4.78 is 11.4. The van der Waals surface area contributed by atoms with Crippen LogP contribution >= 0.6 is 0 Å². The number of aliphatic hydroxyl groups excluding tert-OH is 1. The summed E-state index contributed by atoms with van der Waals surface area (Å²) in [6.45, 7) is 5.84. The lowest BCUT2D eigenvalue weighted by atomic mass is 9.97. The standard InChI is InChI=1S/C26H23NO5/c1-14-9-15(2)11-19(10-14)27-23(21-5-4-8-31-21)22(25(29)26(27)30)24(28)17-6-7-20-18(13-17)12-16(3)32-20/h4-11,13,16,23,28H,12H2,1-3H3/b24-22-. The van der Waals surface area contributed by atoms with Crippen molar-refractivity contribution in [1.29, 1.82) is 0 Å². The second-order valence-electron chi connectivity index (χ2n) is 8.49. The normalized spacial score (nSPS) is 21.7. The molecule has 1 aromatic heterocycles. The number of amides is 1. The van der Waals surface area contributed by atoms with Gasteiger partial charge in [-0.2, -0.15) is 0 Å². The molecular formula is C26H23NO5. The van der Waals surface area contributed by atoms with Crippen LogP contribution < -0.4 is 9.64 Å². The molecule has 2 aliphatic heterocycles. The molecule has 162 valence electrons. The molecule has 0 spiro atoms. The molecular weight excluding hydrogens is 406 g/mol. The first-order chi connectivity index (χ1) is 15.3. The van der Waals surface area contributed by atoms with E-state index in [1.807, 2.05) is 45.0 Å². The first-order valence-corrected chi connectivity index (χ1v) is 10.6. The van der Waals surface area contributed by atoms with Crippen LogP contribution in [0.25, 0.3) is 5.76 Å². The molecule has 2 unspecified atom stereocenters. The summed E-state index contributed by atoms with van der Waals surface area (Å²) in [7, 11) is 0. The molecule has 1 saturated heterocycles. The molecule has 0 saturated carbocycles. The van der Waals surface area contributed by atoms with E-state index in [4.69, 9.17) is 9.15 Å². The van der Waals surface area contributed by atoms with E-state index in [0.717, 1.165) is 28.9 Å². The molecule has 6 heteroatoms. The van der Waals surface area contributed by atoms with Crippen molar-refractivity contribution in [1.82, 2.24) is 0 Å². The number of benzene rings is 2. The number of hydrogen-bond acceptors (Lipinski definition) is 5. The van der Waals surface area contributed by atoms with E-state index >= 15 is 0 Å². The quantitative estimate of drug-likeness (QED) is 0.366. The topological polar surface area (TPSA) is 80.0 Å². The third kappa shape index (κ3) is 3.19. The Bertz CT molecular complexity index is 1250. The van der Waals surface area contributed by atoms with Crippen molar-refractivity contribution in [3.63, 3.8) is 0 Å². The Hall–Kier alpha value is -3.80. The highest BCUT2D eigenvalue weighted by Gasteiger charge is 2.48. The second kappa shape index (κ2) is 7.41. The van der Waals surface area contributed by atoms with Crippen molar-refractivity contribution in [3.05, 3.63) is 88.4 Å². The monoisotopic (exact) mass is 429 g/mol. The first-order valence-electron chi connectivity index (χ1n) is 10.6. The Morgan fingerprint density at radius 3 is 2.50 bits per heavy atom. The molecule has 6 nitrogen and oxygen atoms in total. The lowest BCUT2D eigenvalue weighted by molar-refractivity contribution is -0.132. The zero-order chi connectivity index (χ0) is 22.6. The predicted octanol–water partition coefficient (Wildman–Crippen LogP) is 4.85. The van der Waals surface area contributed by atoms with Crippen molar-refractivity contribution < 1.29 is 23.8 Å². The fourth-order valence-electron chi connectivity index (χ4n) is 4.63. The molecule has 2 aliphatic rings. The Labute approximate surface area is 185 Å². The molecule has 0 bridgehead atoms. The number of rotatable bonds is 3. The summed E-state index contributed by atoms with van der Waals surface area (Å²) in [6, 6.07) is 13.5. The van der Waals surface area contributed by atoms with Crippen LogP contribution in [0.1, 0.15) is 41.0 Å². The summed E-state index contributed by atoms with van der Waals surface area (Å²) in [5.41, 5.74) is 3.95. The number of ether oxygens (including phenoxy) is 1. The molecule has 3 aromatic rings. The van der Waals surface area contributed by atoms with Gasteiger partial charge in [0.1, 0.15) is 29.4 Å². The maximum atomic E-state index is 13.2. The molecule has 2 atom stereocenters. The van der Waals surface area contributed by atoms with Gasteiger partial charge in [0.05, 0.1) is 11.8 Å². The number of fused-ring (bicyclic) bond motifs is 1. The average molecular weight is 429 g/mol. The minimum Gasteiger partial charge on any atom is -0.507 e. The highest BCUT2D eigenvalue weighted by Crippen LogP contribution is 2.43. The van der Waals surface area contributed by atoms with Gasteiger partial charge < -0.3 is 14.3 Å². The van der Waals surface area contributed by atoms with Crippen LogP contribution in [0.2, 0.25) is 0 Å². The lowest BCUT2D eigenvalue weighted by Crippen LogP contribution is -2.29. The predicted molar refractivity (Wildman–Crippen MR) is 120 cm³/mol. The van der Waals surface area contributed by atoms with E-state index in [1.165, 1.54) is 11.2 Å². The van der Waals surface area contributed by atoms with Gasteiger partial charge in [-0.1, -0.05) is 6.07 Å². The molecule has 3 heterocycles. The van der Waals surface area contributed by atoms with Crippen LogP contribution in [-0.2, 0) is 16.0 Å². The summed E-state index contributed by atoms with van der Waals surface area (Å²) in [4.78, 5) is 27.8. The number of Topliss-reactive ketones (excluding diaryl/α,β-unsaturated/α-hetero) is 1. The molecule has 1 amide bonds. The molecule has 0 radical (unpaired) electrons. The van der Waals surface area contributed by atoms with Crippen LogP contribution in [0.3, 0.4) is 0 Å². The fourth-order valence-corrected chi connectivity index (χ4v) is 4.63. The van der Waals surface area contributed by atoms with Crippen molar-refractivity contribution in [3.8, 4) is 5.75 Å². The average Bonchev–Trinajstić information content (AvgIpc) is 3.44. The summed E-state index contributed by atoms with van der Waals surface area (Å²) in [5, 5.41) is 11.2. The van der Waals surface area contributed by atoms with Gasteiger partial charge in [-0.15, -0.1) is 0 Å². The van der Waals surface area contributed by atoms with Gasteiger partial charge in [0.25, 0.3) is 11.7 Å². The summed E-state index contributed by atoms with van der Waals surface area (Å²) in [6.07, 6.45) is 2.26. The molecule has 32 heavy (non-hydrogen) atoms. The van der Waals surface area contributed by atoms with E-state index in [2.05, 4.69) is 0 Å². The Morgan fingerprint density at radius 2 is 1.81 bits per heavy atom. The van der Waals surface area contributed by atoms with E-state index in [0.29, 0.717) is 17.0 Å². The van der Waals surface area contributed by atoms with E-state index in [9.17, 15) is 14.7 Å². The zero-order valence-electron chi connectivity index (χ0n) is 18.1. The van der Waals surface area contributed by atoms with E-state index < -0.39 is 17.7 Å². The van der Waals surface area contributed by atoms with Crippen LogP contribution in [0.5, 0.6) is 5.75 Å². The van der Waals surface area contributed by atoms with E-state index in [1.54, 1.807) is 24.3 Å². The van der Waals surface area contributed by atoms with Gasteiger partial charge in [-0.3, -0.25) is 14.5 Å². The highest BCUT2D eigenvalue weighted by molar-refractivity contribution is 6.51. The number of carbonyl (C=O) groups excluding carboxylic acids is 2. The molecule has 1 N–H and O–H groups in total. The number of aliphatic hydroxyl groups is 1. The third-order valence-electron chi connectivity index (χ3n) is 5.91. The molecule has 5 rings (SSSR count). The molecule has 0 aliphatic carbocycles. The number of ketones is 1. The number of furan rings is 1. The largest absolute Gasteiger partial charge is 0.507 e. The Morgan fingerprint density at radius 1 is 1.06 bits per heavy atom. The first kappa shape index (κ1) is 20.1. The molecule has 2 aromatic carbocycles. The number of hydrogen-bond donors (Lipinski definition) is 1. The zero-order valence-corrected chi connectivity index (χ0v) is 18.1. The van der Waals surface area contributed by atoms with Gasteiger partial charge >= 0.3 is 0 Å². The van der Waals surface area contributed by atoms with Crippen molar-refractivity contribution in [2.75, 3.05) is 4.90 Å². The Balaban J connectivity index is 1.68. The second-order valence-corrected chi connectivity index (χ2v) is 8.49. The third-order valence-corrected chi connectivity index (χ3v) is 5.91. The smallest absolute Gasteiger partial charge is 0.300 e. The summed E-state index contributed by atoms with van der Waals surface area (Å²) >= 11 is 0. The maximum absolute atomic E-state index is 13.2. The number of anilines is 1. The lowest BCUT2D eigenvalue weighted by Gasteiger charge is -2.24. The van der Waals surface area contributed by atoms with E-state index in [-0.39, 0.29) is 17.4 Å². The number of carbonyl (C=O) groups is 2. The van der Waals surface area contributed by atoms with Crippen molar-refractivity contribution in [2.24, 2.45) is 0 Å². The van der Waals surface area contributed by atoms with Gasteiger partial charge in [0.2, 0.25) is 0 Å². The van der Waals surface area contributed by atoms with Gasteiger partial charge in [-0.05, 0) is 79.9 Å². The maximum Gasteiger partial charge on any atom is 0.300 e. The van der Waals surface area contributed by atoms with Crippen LogP contribution in [0.15, 0.2) is 64.8 Å². The molecule has 1 fully saturated rings. The SMILES string of the molecule is Cc1cc(C)cc(N2C(=O)C(=O)/C(=C(\O)c3ccc4c(c3)CC(C)O4)C2c2ccco2)c1. The van der Waals surface area contributed by atoms with Crippen molar-refractivity contribution >= 4 is 23.1 Å². The van der Waals surface area contributed by atoms with Gasteiger partial charge in [0.15, 0.2) is 0 Å². The summed E-state index contributed by atoms with van der Waals surface area (Å²) in [5.74, 6) is -0.487. The number of nitrogens with zero attached hydrogens (tertiary/aromatic N) is 1. The minimum atomic E-state index is -0.866. The Kier molecular flexibility index (Phi) is 4.66. The van der Waals surface area contributed by atoms with Crippen LogP contribution in [0.4, 0.5) is 5.69 Å². The van der Waals surface area contributed by atoms with Crippen LogP contribution in [0, 0.1) is 13.8 Å². The highest BCUT2D eigenvalue weighted by atomic mass is 16.5. The van der Waals surface area contributed by atoms with Crippen LogP contribution in [-0.4, -0.2) is 22.9 Å². The minimum absolute atomic E-state index is 0.0102. The van der Waals surface area contributed by atoms with Gasteiger partial charge in [0, 0.05) is 17.7 Å².